The molecule has 36 heavy (non-hydrogen) atoms. The molecule has 176 valence electrons. The second kappa shape index (κ2) is 8.97. The summed E-state index contributed by atoms with van der Waals surface area (Å²) >= 11 is 0. The second-order valence-corrected chi connectivity index (χ2v) is 9.19. The van der Waals surface area contributed by atoms with Crippen LogP contribution in [-0.4, -0.2) is 25.0 Å². The molecule has 0 unspecified atom stereocenters. The van der Waals surface area contributed by atoms with Gasteiger partial charge in [0.05, 0.1) is 13.0 Å². The van der Waals surface area contributed by atoms with Gasteiger partial charge in [0.1, 0.15) is 6.04 Å². The molecule has 0 saturated heterocycles. The fourth-order valence-corrected chi connectivity index (χ4v) is 5.56. The number of benzene rings is 5. The van der Waals surface area contributed by atoms with E-state index in [9.17, 15) is 9.59 Å². The number of hydrogen-bond donors (Lipinski definition) is 1. The summed E-state index contributed by atoms with van der Waals surface area (Å²) in [7, 11) is 1.36. The highest BCUT2D eigenvalue weighted by Crippen LogP contribution is 2.44. The lowest BCUT2D eigenvalue weighted by atomic mass is 9.91. The number of esters is 1. The summed E-state index contributed by atoms with van der Waals surface area (Å²) in [5, 5.41) is 7.38. The van der Waals surface area contributed by atoms with Crippen LogP contribution in [0, 0.1) is 0 Å². The van der Waals surface area contributed by atoms with Crippen LogP contribution >= 0.6 is 0 Å². The first-order chi connectivity index (χ1) is 17.7. The van der Waals surface area contributed by atoms with E-state index in [1.807, 2.05) is 72.8 Å². The van der Waals surface area contributed by atoms with Gasteiger partial charge in [-0.2, -0.15) is 0 Å². The highest BCUT2D eigenvalue weighted by Gasteiger charge is 2.35. The molecular formula is C32H25NO3. The van der Waals surface area contributed by atoms with Crippen molar-refractivity contribution < 1.29 is 14.3 Å². The third-order valence-corrected chi connectivity index (χ3v) is 7.19. The Hall–Kier alpha value is -4.44. The highest BCUT2D eigenvalue weighted by atomic mass is 16.5. The molecule has 0 bridgehead atoms. The van der Waals surface area contributed by atoms with E-state index in [1.165, 1.54) is 7.11 Å². The summed E-state index contributed by atoms with van der Waals surface area (Å²) in [5.41, 5.74) is 5.04. The van der Waals surface area contributed by atoms with Gasteiger partial charge in [-0.3, -0.25) is 4.79 Å². The molecule has 0 radical (unpaired) electrons. The fourth-order valence-electron chi connectivity index (χ4n) is 5.56. The zero-order chi connectivity index (χ0) is 24.6. The average molecular weight is 472 g/mol. The molecule has 1 aliphatic carbocycles. The van der Waals surface area contributed by atoms with E-state index in [0.29, 0.717) is 6.42 Å². The smallest absolute Gasteiger partial charge is 0.328 e. The largest absolute Gasteiger partial charge is 0.467 e. The molecule has 0 heterocycles. The minimum atomic E-state index is -0.823. The van der Waals surface area contributed by atoms with Crippen molar-refractivity contribution in [2.24, 2.45) is 0 Å². The average Bonchev–Trinajstić information content (AvgIpc) is 3.26. The molecule has 4 nitrogen and oxygen atoms in total. The summed E-state index contributed by atoms with van der Waals surface area (Å²) < 4.78 is 5.16. The van der Waals surface area contributed by atoms with Gasteiger partial charge in [0, 0.05) is 6.42 Å². The van der Waals surface area contributed by atoms with Crippen LogP contribution in [0.3, 0.4) is 0 Å². The van der Waals surface area contributed by atoms with E-state index in [4.69, 9.17) is 4.74 Å². The Morgan fingerprint density at radius 2 is 1.25 bits per heavy atom. The Kier molecular flexibility index (Phi) is 5.49. The van der Waals surface area contributed by atoms with Gasteiger partial charge in [0.25, 0.3) is 0 Å². The molecular weight excluding hydrogens is 446 g/mol. The quantitative estimate of drug-likeness (QED) is 0.252. The van der Waals surface area contributed by atoms with Gasteiger partial charge in [0.15, 0.2) is 0 Å². The number of carbonyl (C=O) groups excluding carboxylic acids is 2. The summed E-state index contributed by atoms with van der Waals surface area (Å²) in [5.74, 6) is -1.14. The summed E-state index contributed by atoms with van der Waals surface area (Å²) in [4.78, 5) is 26.8. The Morgan fingerprint density at radius 3 is 1.81 bits per heavy atom. The maximum Gasteiger partial charge on any atom is 0.328 e. The predicted octanol–water partition coefficient (Wildman–Crippen LogP) is 6.01. The maximum absolute atomic E-state index is 13.8. The lowest BCUT2D eigenvalue weighted by Crippen LogP contribution is -2.45. The Morgan fingerprint density at radius 1 is 0.750 bits per heavy atom. The number of methoxy groups -OCH3 is 1. The van der Waals surface area contributed by atoms with Gasteiger partial charge in [-0.05, 0) is 55.4 Å². The van der Waals surface area contributed by atoms with E-state index in [1.54, 1.807) is 0 Å². The van der Waals surface area contributed by atoms with E-state index >= 15 is 0 Å². The van der Waals surface area contributed by atoms with Crippen LogP contribution in [-0.2, 0) is 20.7 Å². The van der Waals surface area contributed by atoms with Gasteiger partial charge >= 0.3 is 5.97 Å². The molecule has 1 N–H and O–H groups in total. The maximum atomic E-state index is 13.8. The minimum absolute atomic E-state index is 0.202. The number of fused-ring (bicyclic) bond motifs is 5. The van der Waals surface area contributed by atoms with Crippen molar-refractivity contribution in [3.8, 4) is 11.1 Å². The molecule has 5 aromatic rings. The molecule has 0 saturated carbocycles. The predicted molar refractivity (Wildman–Crippen MR) is 143 cm³/mol. The van der Waals surface area contributed by atoms with Crippen LogP contribution in [0.4, 0.5) is 0 Å². The molecule has 1 amide bonds. The molecule has 6 rings (SSSR count). The minimum Gasteiger partial charge on any atom is -0.467 e. The van der Waals surface area contributed by atoms with Gasteiger partial charge in [0.2, 0.25) is 5.91 Å². The second-order valence-electron chi connectivity index (χ2n) is 9.19. The number of ether oxygens (including phenoxy) is 1. The van der Waals surface area contributed by atoms with Crippen LogP contribution in [0.1, 0.15) is 22.6 Å². The van der Waals surface area contributed by atoms with Gasteiger partial charge < -0.3 is 10.1 Å². The van der Waals surface area contributed by atoms with Crippen LogP contribution < -0.4 is 5.32 Å². The third kappa shape index (κ3) is 3.62. The van der Waals surface area contributed by atoms with Crippen LogP contribution in [0.2, 0.25) is 0 Å². The van der Waals surface area contributed by atoms with Crippen molar-refractivity contribution in [3.63, 3.8) is 0 Å². The van der Waals surface area contributed by atoms with E-state index in [2.05, 4.69) is 35.6 Å². The van der Waals surface area contributed by atoms with Gasteiger partial charge in [-0.25, -0.2) is 4.79 Å². The number of nitrogens with one attached hydrogen (secondary N) is 1. The standard InChI is InChI=1S/C32H25NO3/c1-36-32(35)29(19-28-22-12-4-2-10-20(22)18-21-11-3-5-13-23(21)28)33-31(34)30-26-16-8-6-14-24(26)25-15-7-9-17-27(25)30/h2-18,29-30H,19H2,1H3,(H,33,34)/t29-/m0/s1. The molecule has 1 aliphatic rings. The first kappa shape index (κ1) is 22.1. The van der Waals surface area contributed by atoms with Crippen LogP contribution in [0.15, 0.2) is 103 Å². The number of amides is 1. The Bertz CT molecular complexity index is 1540. The van der Waals surface area contributed by atoms with Crippen LogP contribution in [0.5, 0.6) is 0 Å². The van der Waals surface area contributed by atoms with E-state index in [-0.39, 0.29) is 5.91 Å². The zero-order valence-corrected chi connectivity index (χ0v) is 19.9. The zero-order valence-electron chi connectivity index (χ0n) is 19.9. The highest BCUT2D eigenvalue weighted by molar-refractivity contribution is 6.03. The summed E-state index contributed by atoms with van der Waals surface area (Å²) in [6.07, 6.45) is 0.330. The normalized spacial score (nSPS) is 13.2. The number of hydrogen-bond acceptors (Lipinski definition) is 3. The molecule has 0 aliphatic heterocycles. The Labute approximate surface area is 209 Å². The monoisotopic (exact) mass is 471 g/mol. The lowest BCUT2D eigenvalue weighted by Gasteiger charge is -2.22. The van der Waals surface area contributed by atoms with E-state index < -0.39 is 17.9 Å². The first-order valence-corrected chi connectivity index (χ1v) is 12.1. The molecule has 4 heteroatoms. The molecule has 1 atom stereocenters. The first-order valence-electron chi connectivity index (χ1n) is 12.1. The summed E-state index contributed by atoms with van der Waals surface area (Å²) in [6.45, 7) is 0. The number of carbonyl (C=O) groups is 2. The number of rotatable bonds is 5. The van der Waals surface area contributed by atoms with Gasteiger partial charge in [-0.15, -0.1) is 0 Å². The van der Waals surface area contributed by atoms with Crippen molar-refractivity contribution in [1.82, 2.24) is 5.32 Å². The molecule has 0 fully saturated rings. The van der Waals surface area contributed by atoms with Gasteiger partial charge in [-0.1, -0.05) is 97.1 Å². The topological polar surface area (TPSA) is 55.4 Å². The SMILES string of the molecule is COC(=O)[C@H](Cc1c2ccccc2cc2ccccc12)NC(=O)C1c2ccccc2-c2ccccc21. The van der Waals surface area contributed by atoms with Crippen molar-refractivity contribution in [1.29, 1.82) is 0 Å². The van der Waals surface area contributed by atoms with Crippen LogP contribution in [0.25, 0.3) is 32.7 Å². The van der Waals surface area contributed by atoms with Crippen molar-refractivity contribution in [2.75, 3.05) is 7.11 Å². The molecule has 0 aromatic heterocycles. The molecule has 0 spiro atoms. The van der Waals surface area contributed by atoms with E-state index in [0.717, 1.165) is 49.4 Å². The third-order valence-electron chi connectivity index (χ3n) is 7.19. The Balaban J connectivity index is 1.40. The molecule has 5 aromatic carbocycles. The van der Waals surface area contributed by atoms with Crippen molar-refractivity contribution in [3.05, 3.63) is 120 Å². The van der Waals surface area contributed by atoms with Crippen molar-refractivity contribution in [2.45, 2.75) is 18.4 Å². The summed E-state index contributed by atoms with van der Waals surface area (Å²) in [6, 6.07) is 33.6. The van der Waals surface area contributed by atoms with Crippen molar-refractivity contribution >= 4 is 33.4 Å². The lowest BCUT2D eigenvalue weighted by molar-refractivity contribution is -0.145. The fraction of sp³-hybridized carbons (Fsp3) is 0.125.